The molecule has 2 aromatic carbocycles. The first kappa shape index (κ1) is 20.0. The molecule has 0 bridgehead atoms. The van der Waals surface area contributed by atoms with Gasteiger partial charge in [0.15, 0.2) is 0 Å². The van der Waals surface area contributed by atoms with Crippen molar-refractivity contribution < 1.29 is 4.92 Å². The Morgan fingerprint density at radius 3 is 2.35 bits per heavy atom. The predicted molar refractivity (Wildman–Crippen MR) is 123 cm³/mol. The number of pyridine rings is 1. The highest BCUT2D eigenvalue weighted by Crippen LogP contribution is 2.24. The zero-order valence-electron chi connectivity index (χ0n) is 17.2. The fraction of sp³-hybridized carbons (Fsp3) is 0.0833. The van der Waals surface area contributed by atoms with Crippen LogP contribution in [0.2, 0.25) is 0 Å². The molecule has 2 heterocycles. The molecule has 0 saturated carbocycles. The zero-order chi connectivity index (χ0) is 21.8. The molecule has 154 valence electrons. The molecule has 0 aliphatic rings. The first-order valence-electron chi connectivity index (χ1n) is 9.77. The summed E-state index contributed by atoms with van der Waals surface area (Å²) in [6.45, 7) is 4.10. The molecule has 0 radical (unpaired) electrons. The summed E-state index contributed by atoms with van der Waals surface area (Å²) in [6.07, 6.45) is 2.92. The Labute approximate surface area is 179 Å². The summed E-state index contributed by atoms with van der Waals surface area (Å²) < 4.78 is 2.18. The Kier molecular flexibility index (Phi) is 5.57. The van der Waals surface area contributed by atoms with Gasteiger partial charge in [0.25, 0.3) is 5.69 Å². The van der Waals surface area contributed by atoms with Crippen LogP contribution in [0.1, 0.15) is 17.0 Å². The highest BCUT2D eigenvalue weighted by molar-refractivity contribution is 5.82. The molecular weight excluding hydrogens is 390 g/mol. The first-order valence-corrected chi connectivity index (χ1v) is 9.77. The number of aromatic nitrogens is 2. The van der Waals surface area contributed by atoms with E-state index >= 15 is 0 Å². The number of hydrazone groups is 1. The summed E-state index contributed by atoms with van der Waals surface area (Å²) >= 11 is 0. The average Bonchev–Trinajstić information content (AvgIpc) is 3.08. The van der Waals surface area contributed by atoms with Crippen molar-refractivity contribution in [2.24, 2.45) is 5.10 Å². The number of nitro groups is 1. The van der Waals surface area contributed by atoms with Crippen molar-refractivity contribution in [3.63, 3.8) is 0 Å². The molecule has 0 aliphatic carbocycles. The van der Waals surface area contributed by atoms with Gasteiger partial charge in [-0.05, 0) is 49.2 Å². The van der Waals surface area contributed by atoms with E-state index in [-0.39, 0.29) is 5.69 Å². The molecule has 0 atom stereocenters. The summed E-state index contributed by atoms with van der Waals surface area (Å²) in [5.41, 5.74) is 9.32. The van der Waals surface area contributed by atoms with Crippen LogP contribution in [-0.4, -0.2) is 20.7 Å². The average molecular weight is 411 g/mol. The number of anilines is 1. The van der Waals surface area contributed by atoms with Gasteiger partial charge in [-0.15, -0.1) is 0 Å². The first-order chi connectivity index (χ1) is 15.0. The van der Waals surface area contributed by atoms with E-state index in [0.717, 1.165) is 22.6 Å². The van der Waals surface area contributed by atoms with Gasteiger partial charge < -0.3 is 4.57 Å². The molecule has 0 aliphatic heterocycles. The van der Waals surface area contributed by atoms with Crippen LogP contribution in [0.25, 0.3) is 16.8 Å². The number of nitrogens with one attached hydrogen (secondary N) is 1. The van der Waals surface area contributed by atoms with E-state index in [2.05, 4.69) is 69.5 Å². The Morgan fingerprint density at radius 2 is 1.71 bits per heavy atom. The summed E-state index contributed by atoms with van der Waals surface area (Å²) in [6, 6.07) is 23.7. The maximum atomic E-state index is 10.7. The molecule has 4 rings (SSSR count). The van der Waals surface area contributed by atoms with Gasteiger partial charge in [0.05, 0.1) is 11.1 Å². The largest absolute Gasteiger partial charge is 0.318 e. The van der Waals surface area contributed by atoms with Crippen molar-refractivity contribution in [2.75, 3.05) is 5.43 Å². The van der Waals surface area contributed by atoms with Crippen LogP contribution in [0.3, 0.4) is 0 Å². The molecule has 0 unspecified atom stereocenters. The maximum absolute atomic E-state index is 10.7. The van der Waals surface area contributed by atoms with Gasteiger partial charge in [0, 0.05) is 28.7 Å². The van der Waals surface area contributed by atoms with Crippen LogP contribution >= 0.6 is 0 Å². The van der Waals surface area contributed by atoms with Crippen LogP contribution in [0.15, 0.2) is 84.1 Å². The summed E-state index contributed by atoms with van der Waals surface area (Å²) in [5.74, 6) is 0.437. The molecule has 2 aromatic heterocycles. The minimum absolute atomic E-state index is 0.0589. The number of benzene rings is 2. The van der Waals surface area contributed by atoms with Gasteiger partial charge in [-0.1, -0.05) is 42.5 Å². The minimum Gasteiger partial charge on any atom is -0.318 e. The van der Waals surface area contributed by atoms with Crippen LogP contribution in [0.5, 0.6) is 0 Å². The Balaban J connectivity index is 1.52. The second-order valence-corrected chi connectivity index (χ2v) is 7.10. The lowest BCUT2D eigenvalue weighted by Crippen LogP contribution is -2.00. The molecule has 0 fully saturated rings. The Hall–Kier alpha value is -4.26. The van der Waals surface area contributed by atoms with Gasteiger partial charge in [0.1, 0.15) is 12.0 Å². The van der Waals surface area contributed by atoms with Crippen molar-refractivity contribution in [3.05, 3.63) is 106 Å². The Morgan fingerprint density at radius 1 is 1.00 bits per heavy atom. The van der Waals surface area contributed by atoms with E-state index in [1.165, 1.54) is 29.5 Å². The molecule has 7 nitrogen and oxygen atoms in total. The fourth-order valence-corrected chi connectivity index (χ4v) is 3.48. The van der Waals surface area contributed by atoms with Crippen LogP contribution in [0.4, 0.5) is 11.5 Å². The fourth-order valence-electron chi connectivity index (χ4n) is 3.48. The lowest BCUT2D eigenvalue weighted by Gasteiger charge is -2.11. The highest BCUT2D eigenvalue weighted by atomic mass is 16.6. The number of hydrogen-bond acceptors (Lipinski definition) is 5. The summed E-state index contributed by atoms with van der Waals surface area (Å²) in [4.78, 5) is 14.2. The third-order valence-electron chi connectivity index (χ3n) is 5.04. The molecule has 31 heavy (non-hydrogen) atoms. The van der Waals surface area contributed by atoms with Crippen LogP contribution < -0.4 is 5.43 Å². The van der Waals surface area contributed by atoms with Crippen molar-refractivity contribution in [1.82, 2.24) is 9.55 Å². The van der Waals surface area contributed by atoms with E-state index in [1.54, 1.807) is 6.21 Å². The van der Waals surface area contributed by atoms with Crippen molar-refractivity contribution in [2.45, 2.75) is 13.8 Å². The monoisotopic (exact) mass is 411 g/mol. The van der Waals surface area contributed by atoms with E-state index in [1.807, 2.05) is 25.1 Å². The second-order valence-electron chi connectivity index (χ2n) is 7.10. The number of rotatable bonds is 6. The maximum Gasteiger partial charge on any atom is 0.287 e. The van der Waals surface area contributed by atoms with E-state index in [0.29, 0.717) is 5.82 Å². The van der Waals surface area contributed by atoms with Crippen molar-refractivity contribution in [3.8, 4) is 16.8 Å². The second kappa shape index (κ2) is 8.62. The summed E-state index contributed by atoms with van der Waals surface area (Å²) in [5, 5.41) is 14.9. The molecule has 0 amide bonds. The predicted octanol–water partition coefficient (Wildman–Crippen LogP) is 5.51. The normalized spacial score (nSPS) is 11.0. The van der Waals surface area contributed by atoms with E-state index in [9.17, 15) is 10.1 Å². The van der Waals surface area contributed by atoms with Gasteiger partial charge in [-0.2, -0.15) is 5.10 Å². The number of hydrogen-bond donors (Lipinski definition) is 1. The SMILES string of the molecule is Cc1cc(C=NNc2ccc([N+](=O)[O-])cn2)c(C)n1-c1ccc(-c2ccccc2)cc1. The molecule has 0 saturated heterocycles. The minimum atomic E-state index is -0.485. The van der Waals surface area contributed by atoms with Gasteiger partial charge >= 0.3 is 0 Å². The number of nitrogens with zero attached hydrogens (tertiary/aromatic N) is 4. The zero-order valence-corrected chi connectivity index (χ0v) is 17.2. The summed E-state index contributed by atoms with van der Waals surface area (Å²) in [7, 11) is 0. The molecular formula is C24H21N5O2. The lowest BCUT2D eigenvalue weighted by molar-refractivity contribution is -0.385. The lowest BCUT2D eigenvalue weighted by atomic mass is 10.1. The standard InChI is InChI=1S/C24H21N5O2/c1-17-14-21(15-26-27-24-13-12-23(16-25-24)29(30)31)18(2)28(17)22-10-8-20(9-11-22)19-6-4-3-5-7-19/h3-16H,1-2H3,(H,25,27). The van der Waals surface area contributed by atoms with Gasteiger partial charge in [-0.3, -0.25) is 15.5 Å². The molecule has 7 heteroatoms. The van der Waals surface area contributed by atoms with Crippen molar-refractivity contribution >= 4 is 17.7 Å². The van der Waals surface area contributed by atoms with Gasteiger partial charge in [0.2, 0.25) is 0 Å². The van der Waals surface area contributed by atoms with Crippen LogP contribution in [-0.2, 0) is 0 Å². The molecule has 4 aromatic rings. The Bertz CT molecular complexity index is 1230. The van der Waals surface area contributed by atoms with E-state index in [4.69, 9.17) is 0 Å². The van der Waals surface area contributed by atoms with Crippen molar-refractivity contribution in [1.29, 1.82) is 0 Å². The van der Waals surface area contributed by atoms with Gasteiger partial charge in [-0.25, -0.2) is 4.98 Å². The quantitative estimate of drug-likeness (QED) is 0.257. The van der Waals surface area contributed by atoms with E-state index < -0.39 is 4.92 Å². The third-order valence-corrected chi connectivity index (χ3v) is 5.04. The highest BCUT2D eigenvalue weighted by Gasteiger charge is 2.10. The topological polar surface area (TPSA) is 85.3 Å². The number of aryl methyl sites for hydroxylation is 1. The molecule has 0 spiro atoms. The smallest absolute Gasteiger partial charge is 0.287 e. The van der Waals surface area contributed by atoms with Crippen LogP contribution in [0, 0.1) is 24.0 Å². The third kappa shape index (κ3) is 4.35. The molecule has 1 N–H and O–H groups in total.